The predicted molar refractivity (Wildman–Crippen MR) is 88.4 cm³/mol. The smallest absolute Gasteiger partial charge is 0.334 e. The fraction of sp³-hybridized carbons (Fsp3) is 0.312. The Morgan fingerprint density at radius 3 is 2.43 bits per heavy atom. The molecule has 1 aromatic rings. The van der Waals surface area contributed by atoms with Crippen LogP contribution < -0.4 is 0 Å². The summed E-state index contributed by atoms with van der Waals surface area (Å²) in [5.74, 6) is -3.49. The summed E-state index contributed by atoms with van der Waals surface area (Å²) >= 11 is 12.3. The van der Waals surface area contributed by atoms with E-state index in [4.69, 9.17) is 23.2 Å². The molecular weight excluding hydrogens is 341 g/mol. The van der Waals surface area contributed by atoms with E-state index in [1.165, 1.54) is 0 Å². The summed E-state index contributed by atoms with van der Waals surface area (Å²) < 4.78 is 0. The first-order chi connectivity index (χ1) is 10.7. The van der Waals surface area contributed by atoms with Crippen LogP contribution in [0.15, 0.2) is 34.5 Å². The van der Waals surface area contributed by atoms with Gasteiger partial charge in [-0.3, -0.25) is 9.79 Å². The molecule has 0 spiro atoms. The normalized spacial score (nSPS) is 21.1. The third-order valence-corrected chi connectivity index (χ3v) is 4.76. The van der Waals surface area contributed by atoms with Gasteiger partial charge in [-0.2, -0.15) is 0 Å². The fourth-order valence-electron chi connectivity index (χ4n) is 2.95. The highest BCUT2D eigenvalue weighted by Gasteiger charge is 2.39. The third-order valence-electron chi connectivity index (χ3n) is 3.93. The standard InChI is InChI=1S/C16H15Cl2NO4/c1-7-10(6-12(20)21)14(13(16(22)23)8(2)19-7)9-4-3-5-11(17)15(9)18/h3-5,10,14H,6H2,1-2H3,(H,20,21)(H,22,23)/t10?,14-/m0/s1. The summed E-state index contributed by atoms with van der Waals surface area (Å²) in [4.78, 5) is 27.2. The summed E-state index contributed by atoms with van der Waals surface area (Å²) in [5, 5.41) is 19.3. The zero-order valence-corrected chi connectivity index (χ0v) is 14.0. The minimum atomic E-state index is -1.14. The van der Waals surface area contributed by atoms with E-state index in [1.807, 2.05) is 0 Å². The van der Waals surface area contributed by atoms with Gasteiger partial charge in [0, 0.05) is 23.2 Å². The van der Waals surface area contributed by atoms with Crippen molar-refractivity contribution in [2.75, 3.05) is 0 Å². The van der Waals surface area contributed by atoms with Gasteiger partial charge in [0.15, 0.2) is 0 Å². The van der Waals surface area contributed by atoms with Crippen LogP contribution in [-0.4, -0.2) is 27.9 Å². The molecule has 0 aromatic heterocycles. The molecule has 1 aromatic carbocycles. The Kier molecular flexibility index (Phi) is 5.12. The van der Waals surface area contributed by atoms with Crippen LogP contribution in [0.25, 0.3) is 0 Å². The number of carboxylic acid groups (broad SMARTS) is 2. The van der Waals surface area contributed by atoms with E-state index >= 15 is 0 Å². The number of carboxylic acids is 2. The van der Waals surface area contributed by atoms with Gasteiger partial charge in [-0.05, 0) is 25.5 Å². The van der Waals surface area contributed by atoms with Gasteiger partial charge in [-0.25, -0.2) is 4.79 Å². The Bertz CT molecular complexity index is 740. The Morgan fingerprint density at radius 2 is 1.87 bits per heavy atom. The highest BCUT2D eigenvalue weighted by atomic mass is 35.5. The van der Waals surface area contributed by atoms with Crippen LogP contribution in [0.4, 0.5) is 0 Å². The van der Waals surface area contributed by atoms with Crippen molar-refractivity contribution in [3.05, 3.63) is 45.1 Å². The van der Waals surface area contributed by atoms with Gasteiger partial charge in [-0.15, -0.1) is 0 Å². The zero-order chi connectivity index (χ0) is 17.3. The number of halogens is 2. The molecule has 0 fully saturated rings. The van der Waals surface area contributed by atoms with Gasteiger partial charge in [0.2, 0.25) is 0 Å². The maximum atomic E-state index is 11.7. The van der Waals surface area contributed by atoms with Crippen molar-refractivity contribution < 1.29 is 19.8 Å². The molecule has 0 saturated heterocycles. The molecule has 2 rings (SSSR count). The molecule has 2 atom stereocenters. The average molecular weight is 356 g/mol. The van der Waals surface area contributed by atoms with Gasteiger partial charge in [0.25, 0.3) is 0 Å². The van der Waals surface area contributed by atoms with Crippen molar-refractivity contribution in [2.24, 2.45) is 10.9 Å². The molecule has 1 aliphatic rings. The van der Waals surface area contributed by atoms with Crippen LogP contribution in [0.5, 0.6) is 0 Å². The van der Waals surface area contributed by atoms with Crippen LogP contribution in [-0.2, 0) is 9.59 Å². The van der Waals surface area contributed by atoms with E-state index in [2.05, 4.69) is 4.99 Å². The van der Waals surface area contributed by atoms with Crippen LogP contribution in [0.1, 0.15) is 31.7 Å². The number of benzene rings is 1. The molecule has 1 heterocycles. The van der Waals surface area contributed by atoms with Crippen LogP contribution in [0, 0.1) is 5.92 Å². The SMILES string of the molecule is CC1=NC(C)=C(C(=O)O)[C@@H](c2cccc(Cl)c2Cl)C1CC(=O)O. The van der Waals surface area contributed by atoms with E-state index in [0.717, 1.165) is 0 Å². The number of hydrogen-bond donors (Lipinski definition) is 2. The monoisotopic (exact) mass is 355 g/mol. The molecule has 2 N–H and O–H groups in total. The number of allylic oxidation sites excluding steroid dienone is 1. The minimum Gasteiger partial charge on any atom is -0.481 e. The van der Waals surface area contributed by atoms with E-state index in [1.54, 1.807) is 32.0 Å². The Balaban J connectivity index is 2.69. The number of hydrogen-bond acceptors (Lipinski definition) is 3. The lowest BCUT2D eigenvalue weighted by Gasteiger charge is -2.32. The molecule has 0 radical (unpaired) electrons. The van der Waals surface area contributed by atoms with E-state index in [9.17, 15) is 19.8 Å². The first kappa shape index (κ1) is 17.5. The summed E-state index contributed by atoms with van der Waals surface area (Å²) in [6.45, 7) is 3.29. The summed E-state index contributed by atoms with van der Waals surface area (Å²) in [6.07, 6.45) is -0.243. The lowest BCUT2D eigenvalue weighted by molar-refractivity contribution is -0.138. The molecule has 0 saturated carbocycles. The molecule has 23 heavy (non-hydrogen) atoms. The highest BCUT2D eigenvalue weighted by Crippen LogP contribution is 2.44. The number of aliphatic imine (C=N–C) groups is 1. The molecule has 0 aliphatic carbocycles. The van der Waals surface area contributed by atoms with E-state index < -0.39 is 23.8 Å². The molecule has 0 amide bonds. The Labute approximate surface area is 143 Å². The van der Waals surface area contributed by atoms with E-state index in [0.29, 0.717) is 22.0 Å². The third kappa shape index (κ3) is 3.41. The summed E-state index contributed by atoms with van der Waals surface area (Å²) in [6, 6.07) is 4.93. The average Bonchev–Trinajstić information content (AvgIpc) is 2.44. The minimum absolute atomic E-state index is 0.0472. The lowest BCUT2D eigenvalue weighted by Crippen LogP contribution is -2.31. The predicted octanol–water partition coefficient (Wildman–Crippen LogP) is 4.00. The second-order valence-corrected chi connectivity index (χ2v) is 6.17. The lowest BCUT2D eigenvalue weighted by atomic mass is 9.74. The van der Waals surface area contributed by atoms with Crippen molar-refractivity contribution in [1.29, 1.82) is 0 Å². The van der Waals surface area contributed by atoms with Gasteiger partial charge < -0.3 is 10.2 Å². The van der Waals surface area contributed by atoms with Crippen molar-refractivity contribution in [2.45, 2.75) is 26.2 Å². The topological polar surface area (TPSA) is 87.0 Å². The van der Waals surface area contributed by atoms with Gasteiger partial charge in [-0.1, -0.05) is 35.3 Å². The van der Waals surface area contributed by atoms with Crippen LogP contribution in [0.3, 0.4) is 0 Å². The van der Waals surface area contributed by atoms with Crippen molar-refractivity contribution in [1.82, 2.24) is 0 Å². The second kappa shape index (κ2) is 6.72. The molecule has 0 bridgehead atoms. The maximum Gasteiger partial charge on any atom is 0.334 e. The molecule has 1 aliphatic heterocycles. The number of carbonyl (C=O) groups is 2. The van der Waals surface area contributed by atoms with E-state index in [-0.39, 0.29) is 17.0 Å². The molecule has 5 nitrogen and oxygen atoms in total. The van der Waals surface area contributed by atoms with Crippen LogP contribution in [0.2, 0.25) is 10.0 Å². The number of aliphatic carboxylic acids is 2. The zero-order valence-electron chi connectivity index (χ0n) is 12.5. The largest absolute Gasteiger partial charge is 0.481 e. The van der Waals surface area contributed by atoms with Crippen LogP contribution >= 0.6 is 23.2 Å². The molecule has 1 unspecified atom stereocenters. The van der Waals surface area contributed by atoms with Crippen molar-refractivity contribution in [3.63, 3.8) is 0 Å². The highest BCUT2D eigenvalue weighted by molar-refractivity contribution is 6.42. The fourth-order valence-corrected chi connectivity index (χ4v) is 3.37. The number of nitrogens with zero attached hydrogens (tertiary/aromatic N) is 1. The molecular formula is C16H15Cl2NO4. The first-order valence-corrected chi connectivity index (χ1v) is 7.64. The second-order valence-electron chi connectivity index (χ2n) is 5.38. The Hall–Kier alpha value is -1.85. The molecule has 7 heteroatoms. The first-order valence-electron chi connectivity index (χ1n) is 6.89. The van der Waals surface area contributed by atoms with Gasteiger partial charge in [0.05, 0.1) is 22.0 Å². The molecule has 122 valence electrons. The maximum absolute atomic E-state index is 11.7. The summed E-state index contributed by atoms with van der Waals surface area (Å²) in [7, 11) is 0. The van der Waals surface area contributed by atoms with Crippen molar-refractivity contribution >= 4 is 40.9 Å². The summed E-state index contributed by atoms with van der Waals surface area (Å²) in [5.41, 5.74) is 1.45. The number of rotatable bonds is 4. The quantitative estimate of drug-likeness (QED) is 0.854. The Morgan fingerprint density at radius 1 is 1.22 bits per heavy atom. The van der Waals surface area contributed by atoms with Gasteiger partial charge in [0.1, 0.15) is 0 Å². The van der Waals surface area contributed by atoms with Crippen molar-refractivity contribution in [3.8, 4) is 0 Å². The van der Waals surface area contributed by atoms with Gasteiger partial charge >= 0.3 is 11.9 Å².